The Morgan fingerprint density at radius 2 is 2.00 bits per heavy atom. The van der Waals surface area contributed by atoms with E-state index in [9.17, 15) is 18.0 Å². The number of urea groups is 1. The lowest BCUT2D eigenvalue weighted by molar-refractivity contribution is -0.138. The molecule has 1 aliphatic carbocycles. The number of benzene rings is 1. The number of alkyl halides is 3. The van der Waals surface area contributed by atoms with E-state index in [1.165, 1.54) is 12.1 Å². The fraction of sp³-hybridized carbons (Fsp3) is 0.533. The van der Waals surface area contributed by atoms with Gasteiger partial charge in [0.05, 0.1) is 12.2 Å². The Morgan fingerprint density at radius 3 is 2.68 bits per heavy atom. The van der Waals surface area contributed by atoms with Crippen LogP contribution in [0.3, 0.4) is 0 Å². The summed E-state index contributed by atoms with van der Waals surface area (Å²) >= 11 is 0. The predicted octanol–water partition coefficient (Wildman–Crippen LogP) is 2.63. The maximum atomic E-state index is 13.1. The van der Waals surface area contributed by atoms with Gasteiger partial charge >= 0.3 is 12.2 Å². The van der Waals surface area contributed by atoms with Crippen molar-refractivity contribution in [2.45, 2.75) is 37.4 Å². The summed E-state index contributed by atoms with van der Waals surface area (Å²) in [5, 5.41) is 13.8. The zero-order valence-electron chi connectivity index (χ0n) is 12.0. The second kappa shape index (κ2) is 7.00. The van der Waals surface area contributed by atoms with Crippen LogP contribution in [0.1, 0.15) is 36.3 Å². The third kappa shape index (κ3) is 3.91. The van der Waals surface area contributed by atoms with Gasteiger partial charge in [0.2, 0.25) is 0 Å². The number of nitrogens with one attached hydrogen (secondary N) is 2. The van der Waals surface area contributed by atoms with E-state index < -0.39 is 17.8 Å². The van der Waals surface area contributed by atoms with Crippen molar-refractivity contribution in [3.8, 4) is 0 Å². The normalized spacial score (nSPS) is 21.6. The largest absolute Gasteiger partial charge is 0.416 e. The zero-order chi connectivity index (χ0) is 16.2. The van der Waals surface area contributed by atoms with E-state index in [0.717, 1.165) is 12.5 Å². The van der Waals surface area contributed by atoms with Crippen LogP contribution in [0.2, 0.25) is 0 Å². The molecule has 122 valence electrons. The Kier molecular flexibility index (Phi) is 5.28. The van der Waals surface area contributed by atoms with Crippen LogP contribution in [0.5, 0.6) is 0 Å². The Labute approximate surface area is 126 Å². The molecule has 2 amide bonds. The van der Waals surface area contributed by atoms with Crippen molar-refractivity contribution < 1.29 is 23.1 Å². The first-order chi connectivity index (χ1) is 10.4. The van der Waals surface area contributed by atoms with Gasteiger partial charge in [-0.05, 0) is 24.5 Å². The molecule has 0 heterocycles. The number of aliphatic hydroxyl groups is 1. The van der Waals surface area contributed by atoms with Crippen molar-refractivity contribution in [1.82, 2.24) is 10.6 Å². The van der Waals surface area contributed by atoms with E-state index >= 15 is 0 Å². The highest BCUT2D eigenvalue weighted by atomic mass is 19.4. The molecule has 2 rings (SSSR count). The van der Waals surface area contributed by atoms with E-state index in [0.29, 0.717) is 12.8 Å². The van der Waals surface area contributed by atoms with E-state index in [2.05, 4.69) is 10.6 Å². The third-order valence-electron chi connectivity index (χ3n) is 3.90. The average Bonchev–Trinajstić information content (AvgIpc) is 2.92. The number of carbonyl (C=O) groups is 1. The molecular formula is C15H19F3N2O2. The van der Waals surface area contributed by atoms with E-state index in [4.69, 9.17) is 5.11 Å². The van der Waals surface area contributed by atoms with Gasteiger partial charge in [-0.3, -0.25) is 0 Å². The van der Waals surface area contributed by atoms with Gasteiger partial charge in [-0.2, -0.15) is 13.2 Å². The fourth-order valence-electron chi connectivity index (χ4n) is 2.97. The second-order valence-corrected chi connectivity index (χ2v) is 5.35. The van der Waals surface area contributed by atoms with Crippen molar-refractivity contribution >= 4 is 6.03 Å². The summed E-state index contributed by atoms with van der Waals surface area (Å²) < 4.78 is 39.4. The molecule has 0 aromatic heterocycles. The molecule has 3 N–H and O–H groups in total. The van der Waals surface area contributed by atoms with Crippen LogP contribution < -0.4 is 10.6 Å². The molecular weight excluding hydrogens is 297 g/mol. The standard InChI is InChI=1S/C15H19F3N2O2/c16-15(17,18)12-6-2-1-4-10(12)11-5-3-7-13(11)20-14(22)19-8-9-21/h1-2,4,6,11,13,21H,3,5,7-9H2,(H2,19,20,22). The van der Waals surface area contributed by atoms with Crippen LogP contribution in [-0.2, 0) is 6.18 Å². The molecule has 4 nitrogen and oxygen atoms in total. The molecule has 2 atom stereocenters. The second-order valence-electron chi connectivity index (χ2n) is 5.35. The van der Waals surface area contributed by atoms with Crippen molar-refractivity contribution in [3.05, 3.63) is 35.4 Å². The van der Waals surface area contributed by atoms with Crippen LogP contribution in [0.25, 0.3) is 0 Å². The molecule has 1 aromatic carbocycles. The van der Waals surface area contributed by atoms with Gasteiger partial charge in [0.25, 0.3) is 0 Å². The SMILES string of the molecule is O=C(NCCO)NC1CCCC1c1ccccc1C(F)(F)F. The number of rotatable bonds is 4. The van der Waals surface area contributed by atoms with Gasteiger partial charge in [-0.1, -0.05) is 24.6 Å². The average molecular weight is 316 g/mol. The van der Waals surface area contributed by atoms with Crippen molar-refractivity contribution in [1.29, 1.82) is 0 Å². The first-order valence-corrected chi connectivity index (χ1v) is 7.25. The minimum atomic E-state index is -4.40. The summed E-state index contributed by atoms with van der Waals surface area (Å²) in [4.78, 5) is 11.7. The predicted molar refractivity (Wildman–Crippen MR) is 75.4 cm³/mol. The quantitative estimate of drug-likeness (QED) is 0.800. The van der Waals surface area contributed by atoms with Gasteiger partial charge in [-0.25, -0.2) is 4.79 Å². The van der Waals surface area contributed by atoms with Gasteiger partial charge in [0, 0.05) is 18.5 Å². The van der Waals surface area contributed by atoms with E-state index in [1.807, 2.05) is 0 Å². The number of carbonyl (C=O) groups excluding carboxylic acids is 1. The molecule has 1 aliphatic rings. The minimum Gasteiger partial charge on any atom is -0.395 e. The van der Waals surface area contributed by atoms with E-state index in [-0.39, 0.29) is 30.7 Å². The minimum absolute atomic E-state index is 0.113. The van der Waals surface area contributed by atoms with Gasteiger partial charge in [0.15, 0.2) is 0 Å². The molecule has 1 aromatic rings. The summed E-state index contributed by atoms with van der Waals surface area (Å²) in [6.45, 7) is -0.0687. The number of hydrogen-bond acceptors (Lipinski definition) is 2. The first-order valence-electron chi connectivity index (χ1n) is 7.25. The zero-order valence-corrected chi connectivity index (χ0v) is 12.0. The fourth-order valence-corrected chi connectivity index (χ4v) is 2.97. The highest BCUT2D eigenvalue weighted by Gasteiger charge is 2.38. The Morgan fingerprint density at radius 1 is 1.27 bits per heavy atom. The van der Waals surface area contributed by atoms with Gasteiger partial charge in [0.1, 0.15) is 0 Å². The lowest BCUT2D eigenvalue weighted by atomic mass is 9.90. The highest BCUT2D eigenvalue weighted by molar-refractivity contribution is 5.74. The maximum Gasteiger partial charge on any atom is 0.416 e. The summed E-state index contributed by atoms with van der Waals surface area (Å²) in [7, 11) is 0. The van der Waals surface area contributed by atoms with Crippen LogP contribution >= 0.6 is 0 Å². The van der Waals surface area contributed by atoms with Crippen molar-refractivity contribution in [2.75, 3.05) is 13.2 Å². The van der Waals surface area contributed by atoms with Crippen LogP contribution in [0.15, 0.2) is 24.3 Å². The number of amides is 2. The van der Waals surface area contributed by atoms with Crippen molar-refractivity contribution in [2.24, 2.45) is 0 Å². The molecule has 0 aliphatic heterocycles. The van der Waals surface area contributed by atoms with Crippen LogP contribution in [0.4, 0.5) is 18.0 Å². The lowest BCUT2D eigenvalue weighted by Gasteiger charge is -2.24. The smallest absolute Gasteiger partial charge is 0.395 e. The molecule has 0 saturated heterocycles. The topological polar surface area (TPSA) is 61.4 Å². The molecule has 0 spiro atoms. The van der Waals surface area contributed by atoms with Gasteiger partial charge in [-0.15, -0.1) is 0 Å². The maximum absolute atomic E-state index is 13.1. The molecule has 22 heavy (non-hydrogen) atoms. The highest BCUT2D eigenvalue weighted by Crippen LogP contribution is 2.41. The summed E-state index contributed by atoms with van der Waals surface area (Å²) in [5.41, 5.74) is -0.399. The number of aliphatic hydroxyl groups excluding tert-OH is 1. The first kappa shape index (κ1) is 16.6. The summed E-state index contributed by atoms with van der Waals surface area (Å²) in [6.07, 6.45) is -2.38. The summed E-state index contributed by atoms with van der Waals surface area (Å²) in [5.74, 6) is -0.349. The molecule has 7 heteroatoms. The van der Waals surface area contributed by atoms with Crippen molar-refractivity contribution in [3.63, 3.8) is 0 Å². The Hall–Kier alpha value is -1.76. The molecule has 2 unspecified atom stereocenters. The van der Waals surface area contributed by atoms with Crippen LogP contribution in [-0.4, -0.2) is 30.3 Å². The molecule has 1 saturated carbocycles. The monoisotopic (exact) mass is 316 g/mol. The number of halogens is 3. The molecule has 1 fully saturated rings. The molecule has 0 radical (unpaired) electrons. The Bertz CT molecular complexity index is 520. The summed E-state index contributed by atoms with van der Waals surface area (Å²) in [6, 6.07) is 4.73. The van der Waals surface area contributed by atoms with Crippen LogP contribution in [0, 0.1) is 0 Å². The van der Waals surface area contributed by atoms with Gasteiger partial charge < -0.3 is 15.7 Å². The lowest BCUT2D eigenvalue weighted by Crippen LogP contribution is -2.44. The van der Waals surface area contributed by atoms with E-state index in [1.54, 1.807) is 6.07 Å². The third-order valence-corrected chi connectivity index (χ3v) is 3.90. The number of hydrogen-bond donors (Lipinski definition) is 3. The molecule has 0 bridgehead atoms. The Balaban J connectivity index is 2.16.